The van der Waals surface area contributed by atoms with E-state index in [4.69, 9.17) is 9.84 Å². The van der Waals surface area contributed by atoms with Crippen molar-refractivity contribution < 1.29 is 29.0 Å². The van der Waals surface area contributed by atoms with Crippen LogP contribution in [0.5, 0.6) is 0 Å². The molecule has 4 amide bonds. The minimum atomic E-state index is -1.27. The van der Waals surface area contributed by atoms with Crippen molar-refractivity contribution >= 4 is 29.7 Å². The van der Waals surface area contributed by atoms with Crippen LogP contribution in [0, 0.1) is 0 Å². The molecule has 4 aromatic rings. The van der Waals surface area contributed by atoms with Crippen LogP contribution in [0.3, 0.4) is 0 Å². The normalized spacial score (nSPS) is 12.8. The van der Waals surface area contributed by atoms with Gasteiger partial charge in [-0.05, 0) is 39.8 Å². The molecule has 246 valence electrons. The lowest BCUT2D eigenvalue weighted by Gasteiger charge is -2.22. The van der Waals surface area contributed by atoms with Crippen LogP contribution in [-0.2, 0) is 14.3 Å². The molecule has 0 aliphatic heterocycles. The molecule has 1 unspecified atom stereocenters. The largest absolute Gasteiger partial charge is 0.480 e. The Bertz CT molecular complexity index is 1690. The third-order valence-corrected chi connectivity index (χ3v) is 8.00. The number of carbonyl (C=O) groups is 4. The van der Waals surface area contributed by atoms with E-state index >= 15 is 0 Å². The van der Waals surface area contributed by atoms with Crippen LogP contribution in [0.2, 0.25) is 0 Å². The molecule has 5 rings (SSSR count). The highest BCUT2D eigenvalue weighted by Crippen LogP contribution is 2.44. The van der Waals surface area contributed by atoms with E-state index < -0.39 is 42.6 Å². The van der Waals surface area contributed by atoms with E-state index in [1.165, 1.54) is 0 Å². The van der Waals surface area contributed by atoms with Crippen molar-refractivity contribution in [3.63, 3.8) is 0 Å². The van der Waals surface area contributed by atoms with Crippen molar-refractivity contribution in [2.75, 3.05) is 13.2 Å². The summed E-state index contributed by atoms with van der Waals surface area (Å²) >= 11 is 0. The summed E-state index contributed by atoms with van der Waals surface area (Å²) in [6, 6.07) is 32.4. The molecule has 0 radical (unpaired) electrons. The monoisotopic (exact) mass is 647 g/mol. The van der Waals surface area contributed by atoms with Gasteiger partial charge in [-0.25, -0.2) is 15.0 Å². The third-order valence-electron chi connectivity index (χ3n) is 8.00. The number of hydrogen-bond donors (Lipinski definition) is 5. The highest BCUT2D eigenvalue weighted by atomic mass is 16.5. The topological polar surface area (TPSA) is 158 Å². The Labute approximate surface area is 278 Å². The number of alkyl carbamates (subject to hydrolysis) is 1. The van der Waals surface area contributed by atoms with E-state index in [0.717, 1.165) is 33.4 Å². The number of carboxylic acids is 1. The van der Waals surface area contributed by atoms with Gasteiger partial charge in [0.05, 0.1) is 12.1 Å². The van der Waals surface area contributed by atoms with Gasteiger partial charge in [-0.15, -0.1) is 0 Å². The Morgan fingerprint density at radius 3 is 1.85 bits per heavy atom. The van der Waals surface area contributed by atoms with Gasteiger partial charge in [-0.2, -0.15) is 5.10 Å². The number of fused-ring (bicyclic) bond motifs is 3. The fraction of sp³-hybridized carbons (Fsp3) is 0.216. The summed E-state index contributed by atoms with van der Waals surface area (Å²) < 4.78 is 5.69. The number of amides is 4. The Hall–Kier alpha value is -5.97. The number of hydrazone groups is 1. The summed E-state index contributed by atoms with van der Waals surface area (Å²) in [5.41, 5.74) is 8.00. The average Bonchev–Trinajstić information content (AvgIpc) is 3.43. The van der Waals surface area contributed by atoms with E-state index in [2.05, 4.69) is 26.5 Å². The number of aliphatic carboxylic acids is 1. The summed E-state index contributed by atoms with van der Waals surface area (Å²) in [5.74, 6) is -2.30. The molecule has 0 heterocycles. The van der Waals surface area contributed by atoms with Crippen molar-refractivity contribution in [2.24, 2.45) is 5.10 Å². The van der Waals surface area contributed by atoms with Crippen molar-refractivity contribution in [2.45, 2.75) is 37.8 Å². The number of nitrogens with one attached hydrogen (secondary N) is 4. The molecule has 5 N–H and O–H groups in total. The summed E-state index contributed by atoms with van der Waals surface area (Å²) in [7, 11) is 0. The first-order valence-electron chi connectivity index (χ1n) is 15.7. The molecule has 0 fully saturated rings. The summed E-state index contributed by atoms with van der Waals surface area (Å²) in [6.45, 7) is 1.22. The summed E-state index contributed by atoms with van der Waals surface area (Å²) in [5, 5.41) is 21.1. The molecule has 1 aliphatic rings. The molecule has 4 aromatic carbocycles. The fourth-order valence-corrected chi connectivity index (χ4v) is 5.81. The maximum Gasteiger partial charge on any atom is 0.407 e. The third kappa shape index (κ3) is 8.24. The molecule has 0 bridgehead atoms. The zero-order chi connectivity index (χ0) is 33.9. The van der Waals surface area contributed by atoms with Gasteiger partial charge >= 0.3 is 18.1 Å². The van der Waals surface area contributed by atoms with Crippen molar-refractivity contribution in [1.29, 1.82) is 0 Å². The number of benzene rings is 4. The van der Waals surface area contributed by atoms with Crippen LogP contribution >= 0.6 is 0 Å². The smallest absolute Gasteiger partial charge is 0.407 e. The average molecular weight is 648 g/mol. The van der Waals surface area contributed by atoms with E-state index in [-0.39, 0.29) is 24.7 Å². The number of carboxylic acid groups (broad SMARTS) is 1. The first kappa shape index (κ1) is 33.4. The maximum atomic E-state index is 13.2. The van der Waals surface area contributed by atoms with E-state index in [1.807, 2.05) is 116 Å². The zero-order valence-electron chi connectivity index (χ0n) is 26.4. The van der Waals surface area contributed by atoms with Gasteiger partial charge in [-0.3, -0.25) is 9.59 Å². The van der Waals surface area contributed by atoms with Gasteiger partial charge in [-0.1, -0.05) is 123 Å². The lowest BCUT2D eigenvalue weighted by molar-refractivity contribution is -0.137. The van der Waals surface area contributed by atoms with Gasteiger partial charge in [0.15, 0.2) is 0 Å². The van der Waals surface area contributed by atoms with Crippen LogP contribution in [-0.4, -0.2) is 54.0 Å². The number of ether oxygens (including phenoxy) is 1. The van der Waals surface area contributed by atoms with E-state index in [1.54, 1.807) is 0 Å². The van der Waals surface area contributed by atoms with Crippen LogP contribution < -0.4 is 21.4 Å². The van der Waals surface area contributed by atoms with E-state index in [9.17, 15) is 19.2 Å². The first-order chi connectivity index (χ1) is 23.4. The highest BCUT2D eigenvalue weighted by Gasteiger charge is 2.30. The van der Waals surface area contributed by atoms with Crippen LogP contribution in [0.25, 0.3) is 11.1 Å². The Balaban J connectivity index is 1.32. The number of hydrogen-bond acceptors (Lipinski definition) is 6. The van der Waals surface area contributed by atoms with E-state index in [0.29, 0.717) is 6.42 Å². The first-order valence-corrected chi connectivity index (χ1v) is 15.7. The molecule has 0 aromatic heterocycles. The molecule has 48 heavy (non-hydrogen) atoms. The van der Waals surface area contributed by atoms with Gasteiger partial charge in [0.2, 0.25) is 0 Å². The minimum Gasteiger partial charge on any atom is -0.480 e. The molecule has 0 saturated heterocycles. The van der Waals surface area contributed by atoms with Gasteiger partial charge in [0.1, 0.15) is 18.9 Å². The number of rotatable bonds is 13. The second-order valence-corrected chi connectivity index (χ2v) is 11.2. The number of urea groups is 1. The quantitative estimate of drug-likeness (QED) is 0.0974. The molecular weight excluding hydrogens is 610 g/mol. The number of nitrogens with zero attached hydrogens (tertiary/aromatic N) is 1. The van der Waals surface area contributed by atoms with Crippen LogP contribution in [0.1, 0.15) is 54.0 Å². The molecule has 11 nitrogen and oxygen atoms in total. The minimum absolute atomic E-state index is 0.0530. The maximum absolute atomic E-state index is 13.2. The van der Waals surface area contributed by atoms with Crippen molar-refractivity contribution in [1.82, 2.24) is 21.4 Å². The van der Waals surface area contributed by atoms with Gasteiger partial charge < -0.3 is 25.8 Å². The standard InChI is InChI=1S/C37H37N5O6/c1-2-13-31(39-37(47)48-23-30-28-20-11-9-18-26(28)27-19-10-12-21-29(27)30)34(35(45)38-22-32(43)44)41-42-36(46)40-33(24-14-5-3-6-15-24)25-16-7-4-8-17-25/h3-12,14-21,30-31,33H,2,13,22-23H2,1H3,(H,38,45)(H,39,47)(H,43,44)(H2,40,42,46). The van der Waals surface area contributed by atoms with Gasteiger partial charge in [0, 0.05) is 5.92 Å². The van der Waals surface area contributed by atoms with Crippen LogP contribution in [0.15, 0.2) is 114 Å². The number of carbonyl (C=O) groups excluding carboxylic acids is 3. The lowest BCUT2D eigenvalue weighted by Crippen LogP contribution is -2.50. The predicted octanol–water partition coefficient (Wildman–Crippen LogP) is 5.34. The lowest BCUT2D eigenvalue weighted by atomic mass is 9.98. The molecule has 0 spiro atoms. The fourth-order valence-electron chi connectivity index (χ4n) is 5.81. The predicted molar refractivity (Wildman–Crippen MR) is 181 cm³/mol. The molecule has 0 saturated carbocycles. The summed E-state index contributed by atoms with van der Waals surface area (Å²) in [4.78, 5) is 50.8. The zero-order valence-corrected chi connectivity index (χ0v) is 26.4. The molecule has 1 aliphatic carbocycles. The highest BCUT2D eigenvalue weighted by molar-refractivity contribution is 6.41. The molecule has 1 atom stereocenters. The second kappa shape index (κ2) is 16.0. The molecular formula is C37H37N5O6. The van der Waals surface area contributed by atoms with Crippen molar-refractivity contribution in [3.05, 3.63) is 131 Å². The molecule has 11 heteroatoms. The Kier molecular flexibility index (Phi) is 11.2. The van der Waals surface area contributed by atoms with Crippen LogP contribution in [0.4, 0.5) is 9.59 Å². The van der Waals surface area contributed by atoms with Gasteiger partial charge in [0.25, 0.3) is 5.91 Å². The second-order valence-electron chi connectivity index (χ2n) is 11.2. The SMILES string of the molecule is CCCC(NC(=O)OCC1c2ccccc2-c2ccccc21)C(=NNC(=O)NC(c1ccccc1)c1ccccc1)C(=O)NCC(=O)O. The Morgan fingerprint density at radius 1 is 0.771 bits per heavy atom. The van der Waals surface area contributed by atoms with Crippen molar-refractivity contribution in [3.8, 4) is 11.1 Å². The Morgan fingerprint density at radius 2 is 1.31 bits per heavy atom. The summed E-state index contributed by atoms with van der Waals surface area (Å²) in [6.07, 6.45) is -0.00835.